The number of nitrogens with one attached hydrogen (secondary N) is 1. The number of nitrogens with two attached hydrogens (primary N) is 1. The molecule has 68 valence electrons. The zero-order valence-electron chi connectivity index (χ0n) is 6.57. The molecule has 6 heteroatoms. The molecule has 1 aromatic rings. The van der Waals surface area contributed by atoms with Crippen LogP contribution in [-0.4, -0.2) is 16.3 Å². The van der Waals surface area contributed by atoms with Crippen LogP contribution in [0.3, 0.4) is 0 Å². The normalized spacial score (nSPS) is 10.2. The average molecular weight is 215 g/mol. The standard InChI is InChI=1S/C7H7ClN4S/c8-5-1-2-6(10-3-5)4-11-12-7(9)13/h1-4H,(H3,9,12,13). The van der Waals surface area contributed by atoms with Gasteiger partial charge in [0.25, 0.3) is 0 Å². The first-order valence-corrected chi connectivity index (χ1v) is 4.17. The van der Waals surface area contributed by atoms with Gasteiger partial charge in [0.15, 0.2) is 5.11 Å². The van der Waals surface area contributed by atoms with Crippen LogP contribution in [0.4, 0.5) is 0 Å². The van der Waals surface area contributed by atoms with Gasteiger partial charge in [0.2, 0.25) is 0 Å². The summed E-state index contributed by atoms with van der Waals surface area (Å²) in [4.78, 5) is 3.97. The van der Waals surface area contributed by atoms with Gasteiger partial charge in [-0.05, 0) is 24.4 Å². The van der Waals surface area contributed by atoms with Gasteiger partial charge < -0.3 is 5.73 Å². The maximum atomic E-state index is 5.63. The molecular weight excluding hydrogens is 208 g/mol. The van der Waals surface area contributed by atoms with E-state index in [0.717, 1.165) is 0 Å². The van der Waals surface area contributed by atoms with Crippen LogP contribution >= 0.6 is 23.8 Å². The molecular formula is C7H7ClN4S. The number of halogens is 1. The molecule has 0 aliphatic carbocycles. The highest BCUT2D eigenvalue weighted by atomic mass is 35.5. The fraction of sp³-hybridized carbons (Fsp3) is 0. The van der Waals surface area contributed by atoms with Gasteiger partial charge in [-0.15, -0.1) is 0 Å². The van der Waals surface area contributed by atoms with Crippen molar-refractivity contribution >= 4 is 35.1 Å². The summed E-state index contributed by atoms with van der Waals surface area (Å²) in [6, 6.07) is 3.45. The highest BCUT2D eigenvalue weighted by Gasteiger charge is 1.89. The van der Waals surface area contributed by atoms with E-state index in [1.807, 2.05) is 0 Å². The van der Waals surface area contributed by atoms with E-state index in [1.165, 1.54) is 12.4 Å². The Morgan fingerprint density at radius 2 is 2.46 bits per heavy atom. The summed E-state index contributed by atoms with van der Waals surface area (Å²) in [5.41, 5.74) is 8.23. The van der Waals surface area contributed by atoms with E-state index in [4.69, 9.17) is 17.3 Å². The van der Waals surface area contributed by atoms with E-state index in [9.17, 15) is 0 Å². The lowest BCUT2D eigenvalue weighted by molar-refractivity contribution is 1.04. The van der Waals surface area contributed by atoms with E-state index in [0.29, 0.717) is 10.7 Å². The van der Waals surface area contributed by atoms with Crippen molar-refractivity contribution in [2.24, 2.45) is 10.8 Å². The Hall–Kier alpha value is -1.20. The van der Waals surface area contributed by atoms with Crippen LogP contribution in [0.25, 0.3) is 0 Å². The molecule has 1 aromatic heterocycles. The third-order valence-corrected chi connectivity index (χ3v) is 1.44. The lowest BCUT2D eigenvalue weighted by atomic mass is 10.4. The summed E-state index contributed by atoms with van der Waals surface area (Å²) in [5.74, 6) is 0. The third kappa shape index (κ3) is 3.82. The monoisotopic (exact) mass is 214 g/mol. The van der Waals surface area contributed by atoms with Crippen molar-refractivity contribution in [3.05, 3.63) is 29.0 Å². The Labute approximate surface area is 85.8 Å². The quantitative estimate of drug-likeness (QED) is 0.436. The van der Waals surface area contributed by atoms with Gasteiger partial charge in [-0.1, -0.05) is 11.6 Å². The van der Waals surface area contributed by atoms with Crippen molar-refractivity contribution in [3.8, 4) is 0 Å². The first-order chi connectivity index (χ1) is 6.18. The third-order valence-electron chi connectivity index (χ3n) is 1.12. The minimum absolute atomic E-state index is 0.116. The number of hydrazone groups is 1. The number of hydrogen-bond donors (Lipinski definition) is 2. The van der Waals surface area contributed by atoms with Crippen molar-refractivity contribution in [1.29, 1.82) is 0 Å². The summed E-state index contributed by atoms with van der Waals surface area (Å²) in [5, 5.41) is 4.42. The molecule has 0 aliphatic heterocycles. The van der Waals surface area contributed by atoms with Gasteiger partial charge in [0.05, 0.1) is 16.9 Å². The smallest absolute Gasteiger partial charge is 0.184 e. The second-order valence-corrected chi connectivity index (χ2v) is 3.01. The molecule has 0 unspecified atom stereocenters. The summed E-state index contributed by atoms with van der Waals surface area (Å²) in [6.45, 7) is 0. The molecule has 0 amide bonds. The molecule has 0 saturated heterocycles. The van der Waals surface area contributed by atoms with Crippen molar-refractivity contribution in [2.75, 3.05) is 0 Å². The highest BCUT2D eigenvalue weighted by Crippen LogP contribution is 2.04. The number of hydrogen-bond acceptors (Lipinski definition) is 3. The Bertz CT molecular complexity index is 322. The topological polar surface area (TPSA) is 63.3 Å². The minimum Gasteiger partial charge on any atom is -0.375 e. The summed E-state index contributed by atoms with van der Waals surface area (Å²) < 4.78 is 0. The molecule has 0 atom stereocenters. The lowest BCUT2D eigenvalue weighted by Crippen LogP contribution is -2.24. The van der Waals surface area contributed by atoms with Gasteiger partial charge in [-0.3, -0.25) is 10.4 Å². The molecule has 1 heterocycles. The van der Waals surface area contributed by atoms with E-state index in [-0.39, 0.29) is 5.11 Å². The molecule has 3 N–H and O–H groups in total. The summed E-state index contributed by atoms with van der Waals surface area (Å²) in [7, 11) is 0. The van der Waals surface area contributed by atoms with Gasteiger partial charge in [0, 0.05) is 6.20 Å². The average Bonchev–Trinajstić information content (AvgIpc) is 2.08. The Kier molecular flexibility index (Phi) is 3.60. The van der Waals surface area contributed by atoms with E-state index < -0.39 is 0 Å². The second-order valence-electron chi connectivity index (χ2n) is 2.14. The van der Waals surface area contributed by atoms with E-state index in [1.54, 1.807) is 12.1 Å². The van der Waals surface area contributed by atoms with Gasteiger partial charge in [-0.2, -0.15) is 5.10 Å². The van der Waals surface area contributed by atoms with Crippen LogP contribution in [0.1, 0.15) is 5.69 Å². The number of aromatic nitrogens is 1. The highest BCUT2D eigenvalue weighted by molar-refractivity contribution is 7.80. The molecule has 0 saturated carbocycles. The van der Waals surface area contributed by atoms with E-state index >= 15 is 0 Å². The van der Waals surface area contributed by atoms with E-state index in [2.05, 4.69) is 27.7 Å². The first kappa shape index (κ1) is 9.88. The zero-order valence-corrected chi connectivity index (χ0v) is 8.14. The minimum atomic E-state index is 0.116. The fourth-order valence-electron chi connectivity index (χ4n) is 0.626. The van der Waals surface area contributed by atoms with Crippen LogP contribution < -0.4 is 11.2 Å². The van der Waals surface area contributed by atoms with Gasteiger partial charge >= 0.3 is 0 Å². The van der Waals surface area contributed by atoms with Crippen molar-refractivity contribution < 1.29 is 0 Å². The molecule has 0 bridgehead atoms. The molecule has 0 spiro atoms. The maximum absolute atomic E-state index is 5.63. The number of thiocarbonyl (C=S) groups is 1. The molecule has 0 aromatic carbocycles. The fourth-order valence-corrected chi connectivity index (χ4v) is 0.790. The van der Waals surface area contributed by atoms with Gasteiger partial charge in [0.1, 0.15) is 0 Å². The molecule has 4 nitrogen and oxygen atoms in total. The lowest BCUT2D eigenvalue weighted by Gasteiger charge is -1.94. The number of rotatable bonds is 2. The van der Waals surface area contributed by atoms with Crippen LogP contribution in [0, 0.1) is 0 Å². The second kappa shape index (κ2) is 4.74. The van der Waals surface area contributed by atoms with Gasteiger partial charge in [-0.25, -0.2) is 0 Å². The van der Waals surface area contributed by atoms with Crippen molar-refractivity contribution in [3.63, 3.8) is 0 Å². The first-order valence-electron chi connectivity index (χ1n) is 3.38. The molecule has 1 rings (SSSR count). The molecule has 13 heavy (non-hydrogen) atoms. The van der Waals surface area contributed by atoms with Crippen molar-refractivity contribution in [1.82, 2.24) is 10.4 Å². The van der Waals surface area contributed by atoms with Crippen LogP contribution in [0.15, 0.2) is 23.4 Å². The van der Waals surface area contributed by atoms with Crippen LogP contribution in [0.5, 0.6) is 0 Å². The summed E-state index contributed by atoms with van der Waals surface area (Å²) in [6.07, 6.45) is 3.03. The van der Waals surface area contributed by atoms with Crippen molar-refractivity contribution in [2.45, 2.75) is 0 Å². The maximum Gasteiger partial charge on any atom is 0.184 e. The number of pyridine rings is 1. The van der Waals surface area contributed by atoms with Crippen LogP contribution in [0.2, 0.25) is 5.02 Å². The SMILES string of the molecule is NC(=S)NN=Cc1ccc(Cl)cn1. The largest absolute Gasteiger partial charge is 0.375 e. The Morgan fingerprint density at radius 3 is 3.00 bits per heavy atom. The Morgan fingerprint density at radius 1 is 1.69 bits per heavy atom. The molecule has 0 fully saturated rings. The predicted molar refractivity (Wildman–Crippen MR) is 56.8 cm³/mol. The Balaban J connectivity index is 2.59. The van der Waals surface area contributed by atoms with Crippen LogP contribution in [-0.2, 0) is 0 Å². The zero-order chi connectivity index (χ0) is 9.68. The molecule has 0 radical (unpaired) electrons. The predicted octanol–water partition coefficient (Wildman–Crippen LogP) is 0.902. The summed E-state index contributed by atoms with van der Waals surface area (Å²) >= 11 is 10.2. The molecule has 0 aliphatic rings. The number of nitrogens with zero attached hydrogens (tertiary/aromatic N) is 2.